The van der Waals surface area contributed by atoms with Gasteiger partial charge in [0.15, 0.2) is 11.5 Å². The molecule has 0 fully saturated rings. The standard InChI is InChI=1S/C28H30N2O6/c1-5-16-36-26-18-19(14-15-25(26)35-4)17-20(27(31)29-21-10-6-8-12-23(21)33-2)28(32)30-22-11-7-9-13-24(22)34-3/h6-15,17-18H,5,16H2,1-4H3,(H,29,31)(H,30,32). The lowest BCUT2D eigenvalue weighted by atomic mass is 10.1. The van der Waals surface area contributed by atoms with Crippen LogP contribution in [0.2, 0.25) is 0 Å². The molecule has 0 atom stereocenters. The second-order valence-electron chi connectivity index (χ2n) is 7.63. The largest absolute Gasteiger partial charge is 0.495 e. The van der Waals surface area contributed by atoms with Gasteiger partial charge in [0.2, 0.25) is 0 Å². The number of rotatable bonds is 11. The van der Waals surface area contributed by atoms with E-state index in [1.165, 1.54) is 20.3 Å². The van der Waals surface area contributed by atoms with Gasteiger partial charge < -0.3 is 29.6 Å². The smallest absolute Gasteiger partial charge is 0.261 e. The van der Waals surface area contributed by atoms with Gasteiger partial charge in [-0.1, -0.05) is 37.3 Å². The Hall–Kier alpha value is -4.46. The Morgan fingerprint density at radius 2 is 1.25 bits per heavy atom. The molecule has 0 aliphatic rings. The van der Waals surface area contributed by atoms with Crippen LogP contribution in [-0.2, 0) is 9.59 Å². The first-order chi connectivity index (χ1) is 17.5. The predicted molar refractivity (Wildman–Crippen MR) is 140 cm³/mol. The second kappa shape index (κ2) is 12.9. The predicted octanol–water partition coefficient (Wildman–Crippen LogP) is 5.16. The lowest BCUT2D eigenvalue weighted by Crippen LogP contribution is -2.25. The summed E-state index contributed by atoms with van der Waals surface area (Å²) in [6.45, 7) is 2.50. The van der Waals surface area contributed by atoms with Crippen LogP contribution in [0.4, 0.5) is 11.4 Å². The molecule has 3 aromatic rings. The molecule has 0 saturated carbocycles. The van der Waals surface area contributed by atoms with Crippen molar-refractivity contribution in [1.29, 1.82) is 0 Å². The molecule has 0 heterocycles. The van der Waals surface area contributed by atoms with Crippen LogP contribution in [0.15, 0.2) is 72.3 Å². The molecule has 188 valence electrons. The van der Waals surface area contributed by atoms with E-state index in [-0.39, 0.29) is 5.57 Å². The summed E-state index contributed by atoms with van der Waals surface area (Å²) in [4.78, 5) is 26.7. The molecule has 0 radical (unpaired) electrons. The number of benzene rings is 3. The second-order valence-corrected chi connectivity index (χ2v) is 7.63. The van der Waals surface area contributed by atoms with E-state index < -0.39 is 11.8 Å². The van der Waals surface area contributed by atoms with Gasteiger partial charge in [-0.3, -0.25) is 9.59 Å². The Morgan fingerprint density at radius 3 is 1.75 bits per heavy atom. The molecule has 0 aliphatic carbocycles. The molecular formula is C28H30N2O6. The highest BCUT2D eigenvalue weighted by Crippen LogP contribution is 2.30. The number of ether oxygens (including phenoxy) is 4. The van der Waals surface area contributed by atoms with Crippen molar-refractivity contribution in [1.82, 2.24) is 0 Å². The lowest BCUT2D eigenvalue weighted by molar-refractivity contribution is -0.118. The first-order valence-electron chi connectivity index (χ1n) is 11.4. The summed E-state index contributed by atoms with van der Waals surface area (Å²) in [7, 11) is 4.56. The van der Waals surface area contributed by atoms with Crippen LogP contribution < -0.4 is 29.6 Å². The topological polar surface area (TPSA) is 95.1 Å². The Kier molecular flexibility index (Phi) is 9.33. The number of hydrogen-bond donors (Lipinski definition) is 2. The van der Waals surface area contributed by atoms with Gasteiger partial charge in [-0.25, -0.2) is 0 Å². The maximum absolute atomic E-state index is 13.4. The van der Waals surface area contributed by atoms with Crippen LogP contribution in [-0.4, -0.2) is 39.8 Å². The van der Waals surface area contributed by atoms with E-state index in [1.54, 1.807) is 73.8 Å². The average molecular weight is 491 g/mol. The van der Waals surface area contributed by atoms with Gasteiger partial charge >= 0.3 is 0 Å². The van der Waals surface area contributed by atoms with Gasteiger partial charge in [-0.2, -0.15) is 0 Å². The van der Waals surface area contributed by atoms with Crippen molar-refractivity contribution < 1.29 is 28.5 Å². The quantitative estimate of drug-likeness (QED) is 0.219. The fourth-order valence-corrected chi connectivity index (χ4v) is 3.38. The van der Waals surface area contributed by atoms with Gasteiger partial charge in [0.25, 0.3) is 11.8 Å². The first kappa shape index (κ1) is 26.2. The maximum Gasteiger partial charge on any atom is 0.261 e. The Labute approximate surface area is 210 Å². The van der Waals surface area contributed by atoms with Crippen LogP contribution in [0.5, 0.6) is 23.0 Å². The molecule has 2 amide bonds. The maximum atomic E-state index is 13.4. The Bertz CT molecular complexity index is 1170. The minimum absolute atomic E-state index is 0.126. The number of para-hydroxylation sites is 4. The van der Waals surface area contributed by atoms with Crippen LogP contribution in [0.25, 0.3) is 6.08 Å². The number of methoxy groups -OCH3 is 3. The number of anilines is 2. The van der Waals surface area contributed by atoms with Crippen molar-refractivity contribution >= 4 is 29.3 Å². The minimum atomic E-state index is -0.612. The van der Waals surface area contributed by atoms with Crippen molar-refractivity contribution in [3.8, 4) is 23.0 Å². The molecule has 0 spiro atoms. The zero-order valence-corrected chi connectivity index (χ0v) is 20.8. The normalized spacial score (nSPS) is 10.1. The summed E-state index contributed by atoms with van der Waals surface area (Å²) in [5, 5.41) is 5.54. The number of carbonyl (C=O) groups is 2. The van der Waals surface area contributed by atoms with Crippen LogP contribution in [0.3, 0.4) is 0 Å². The molecule has 3 rings (SSSR count). The lowest BCUT2D eigenvalue weighted by Gasteiger charge is -2.14. The highest BCUT2D eigenvalue weighted by atomic mass is 16.5. The molecular weight excluding hydrogens is 460 g/mol. The Balaban J connectivity index is 2.01. The SMILES string of the molecule is CCCOc1cc(C=C(C(=O)Nc2ccccc2OC)C(=O)Nc2ccccc2OC)ccc1OC. The third-order valence-corrected chi connectivity index (χ3v) is 5.16. The molecule has 0 unspecified atom stereocenters. The van der Waals surface area contributed by atoms with Crippen molar-refractivity contribution in [3.63, 3.8) is 0 Å². The Morgan fingerprint density at radius 1 is 0.722 bits per heavy atom. The summed E-state index contributed by atoms with van der Waals surface area (Å²) in [6.07, 6.45) is 2.31. The van der Waals surface area contributed by atoms with Crippen molar-refractivity contribution in [2.24, 2.45) is 0 Å². The molecule has 2 N–H and O–H groups in total. The van der Waals surface area contributed by atoms with Crippen LogP contribution in [0, 0.1) is 0 Å². The van der Waals surface area contributed by atoms with Gasteiger partial charge in [0, 0.05) is 0 Å². The minimum Gasteiger partial charge on any atom is -0.495 e. The van der Waals surface area contributed by atoms with Crippen LogP contribution >= 0.6 is 0 Å². The third-order valence-electron chi connectivity index (χ3n) is 5.16. The molecule has 8 heteroatoms. The van der Waals surface area contributed by atoms with E-state index in [2.05, 4.69) is 10.6 Å². The van der Waals surface area contributed by atoms with Gasteiger partial charge in [-0.15, -0.1) is 0 Å². The number of amides is 2. The number of nitrogens with one attached hydrogen (secondary N) is 2. The molecule has 0 saturated heterocycles. The highest BCUT2D eigenvalue weighted by molar-refractivity contribution is 6.29. The molecule has 0 aliphatic heterocycles. The monoisotopic (exact) mass is 490 g/mol. The van der Waals surface area contributed by atoms with Gasteiger partial charge in [0.1, 0.15) is 17.1 Å². The zero-order valence-electron chi connectivity index (χ0n) is 20.8. The average Bonchev–Trinajstić information content (AvgIpc) is 2.91. The fourth-order valence-electron chi connectivity index (χ4n) is 3.38. The molecule has 0 bridgehead atoms. The molecule has 0 aromatic heterocycles. The van der Waals surface area contributed by atoms with Crippen LogP contribution in [0.1, 0.15) is 18.9 Å². The van der Waals surface area contributed by atoms with E-state index in [0.29, 0.717) is 46.5 Å². The van der Waals surface area contributed by atoms with E-state index >= 15 is 0 Å². The van der Waals surface area contributed by atoms with Crippen molar-refractivity contribution in [2.45, 2.75) is 13.3 Å². The van der Waals surface area contributed by atoms with Crippen molar-refractivity contribution in [2.75, 3.05) is 38.6 Å². The summed E-state index contributed by atoms with van der Waals surface area (Å²) in [5.74, 6) is 0.782. The summed E-state index contributed by atoms with van der Waals surface area (Å²) in [5.41, 5.74) is 1.33. The van der Waals surface area contributed by atoms with E-state index in [9.17, 15) is 9.59 Å². The number of carbonyl (C=O) groups excluding carboxylic acids is 2. The highest BCUT2D eigenvalue weighted by Gasteiger charge is 2.21. The van der Waals surface area contributed by atoms with E-state index in [0.717, 1.165) is 6.42 Å². The van der Waals surface area contributed by atoms with Crippen molar-refractivity contribution in [3.05, 3.63) is 77.9 Å². The van der Waals surface area contributed by atoms with E-state index in [1.807, 2.05) is 6.92 Å². The first-order valence-corrected chi connectivity index (χ1v) is 11.4. The molecule has 3 aromatic carbocycles. The molecule has 8 nitrogen and oxygen atoms in total. The summed E-state index contributed by atoms with van der Waals surface area (Å²) < 4.78 is 21.8. The van der Waals surface area contributed by atoms with Gasteiger partial charge in [0.05, 0.1) is 39.3 Å². The third kappa shape index (κ3) is 6.56. The molecule has 36 heavy (non-hydrogen) atoms. The van der Waals surface area contributed by atoms with E-state index in [4.69, 9.17) is 18.9 Å². The summed E-state index contributed by atoms with van der Waals surface area (Å²) in [6, 6.07) is 19.1. The summed E-state index contributed by atoms with van der Waals surface area (Å²) >= 11 is 0. The number of hydrogen-bond acceptors (Lipinski definition) is 6. The zero-order chi connectivity index (χ0) is 25.9. The fraction of sp³-hybridized carbons (Fsp3) is 0.214. The van der Waals surface area contributed by atoms with Gasteiger partial charge in [-0.05, 0) is 54.5 Å².